The van der Waals surface area contributed by atoms with Crippen LogP contribution in [0.3, 0.4) is 0 Å². The van der Waals surface area contributed by atoms with E-state index in [2.05, 4.69) is 25.5 Å². The van der Waals surface area contributed by atoms with Gasteiger partial charge in [-0.3, -0.25) is 4.79 Å². The van der Waals surface area contributed by atoms with Crippen LogP contribution in [0.25, 0.3) is 22.1 Å². The summed E-state index contributed by atoms with van der Waals surface area (Å²) in [5.74, 6) is 0.652. The number of rotatable bonds is 6. The molecule has 0 saturated heterocycles. The Morgan fingerprint density at radius 2 is 1.93 bits per heavy atom. The molecule has 0 spiro atoms. The quantitative estimate of drug-likeness (QED) is 0.428. The predicted octanol–water partition coefficient (Wildman–Crippen LogP) is 4.30. The van der Waals surface area contributed by atoms with Crippen LogP contribution in [0.5, 0.6) is 11.5 Å². The molecule has 0 fully saturated rings. The smallest absolute Gasteiger partial charge is 0.237 e. The normalized spacial score (nSPS) is 12.1. The minimum absolute atomic E-state index is 0.250. The minimum Gasteiger partial charge on any atom is -0.495 e. The van der Waals surface area contributed by atoms with Gasteiger partial charge in [-0.05, 0) is 19.1 Å². The third-order valence-corrected chi connectivity index (χ3v) is 5.73. The van der Waals surface area contributed by atoms with Crippen molar-refractivity contribution < 1.29 is 14.3 Å². The molecular weight excluding hydrogens is 426 g/mol. The van der Waals surface area contributed by atoms with Crippen LogP contribution >= 0.6 is 23.4 Å². The van der Waals surface area contributed by atoms with E-state index in [1.54, 1.807) is 19.1 Å². The highest BCUT2D eigenvalue weighted by Crippen LogP contribution is 2.36. The summed E-state index contributed by atoms with van der Waals surface area (Å²) in [5.41, 5.74) is 2.71. The SMILES string of the molecule is COc1cc(OC)c(NC(=O)C(C)Sc2nnc3c(n2)[nH]c2ccccc23)cc1Cl. The van der Waals surface area contributed by atoms with Crippen LogP contribution in [0.2, 0.25) is 5.02 Å². The van der Waals surface area contributed by atoms with Gasteiger partial charge in [0.05, 0.1) is 30.2 Å². The van der Waals surface area contributed by atoms with Crippen LogP contribution in [0.4, 0.5) is 5.69 Å². The van der Waals surface area contributed by atoms with Crippen molar-refractivity contribution in [3.8, 4) is 11.5 Å². The van der Waals surface area contributed by atoms with Gasteiger partial charge in [0.25, 0.3) is 0 Å². The first kappa shape index (κ1) is 20.2. The molecule has 2 aromatic heterocycles. The van der Waals surface area contributed by atoms with Gasteiger partial charge in [0.1, 0.15) is 17.0 Å². The number of amides is 1. The van der Waals surface area contributed by atoms with E-state index in [4.69, 9.17) is 21.1 Å². The molecule has 4 rings (SSSR count). The molecule has 0 aliphatic rings. The van der Waals surface area contributed by atoms with E-state index in [-0.39, 0.29) is 5.91 Å². The molecule has 2 heterocycles. The summed E-state index contributed by atoms with van der Waals surface area (Å²) in [5, 5.41) is 12.5. The number of halogens is 1. The van der Waals surface area contributed by atoms with Crippen LogP contribution in [0, 0.1) is 0 Å². The second kappa shape index (κ2) is 8.37. The molecule has 0 bridgehead atoms. The number of nitrogens with zero attached hydrogens (tertiary/aromatic N) is 3. The highest BCUT2D eigenvalue weighted by atomic mass is 35.5. The average Bonchev–Trinajstić information content (AvgIpc) is 3.11. The summed E-state index contributed by atoms with van der Waals surface area (Å²) in [6.07, 6.45) is 0. The standard InChI is InChI=1S/C20H18ClN5O3S/c1-10(19(27)23-14-8-12(21)15(28-2)9-16(14)29-3)30-20-24-18-17(25-26-20)11-6-4-5-7-13(11)22-18/h4-10H,1-3H3,(H,23,27)(H,22,24,26). The fourth-order valence-corrected chi connectivity index (χ4v) is 3.91. The number of nitrogens with one attached hydrogen (secondary N) is 2. The maximum Gasteiger partial charge on any atom is 0.237 e. The molecule has 0 radical (unpaired) electrons. The van der Waals surface area contributed by atoms with Gasteiger partial charge >= 0.3 is 0 Å². The van der Waals surface area contributed by atoms with Crippen molar-refractivity contribution in [2.24, 2.45) is 0 Å². The lowest BCUT2D eigenvalue weighted by molar-refractivity contribution is -0.115. The highest BCUT2D eigenvalue weighted by Gasteiger charge is 2.20. The molecular formula is C20H18ClN5O3S. The molecule has 1 amide bonds. The molecule has 2 aromatic carbocycles. The number of hydrogen-bond donors (Lipinski definition) is 2. The van der Waals surface area contributed by atoms with Crippen molar-refractivity contribution in [1.29, 1.82) is 0 Å². The Labute approximate surface area is 181 Å². The summed E-state index contributed by atoms with van der Waals surface area (Å²) < 4.78 is 10.5. The number of carbonyl (C=O) groups excluding carboxylic acids is 1. The van der Waals surface area contributed by atoms with Crippen LogP contribution in [-0.4, -0.2) is 45.5 Å². The van der Waals surface area contributed by atoms with Crippen LogP contribution in [0.1, 0.15) is 6.92 Å². The Morgan fingerprint density at radius 3 is 2.70 bits per heavy atom. The number of benzene rings is 2. The number of hydrogen-bond acceptors (Lipinski definition) is 7. The lowest BCUT2D eigenvalue weighted by atomic mass is 10.2. The molecule has 1 atom stereocenters. The second-order valence-corrected chi connectivity index (χ2v) is 8.11. The van der Waals surface area contributed by atoms with E-state index >= 15 is 0 Å². The number of aromatic amines is 1. The number of aromatic nitrogens is 4. The molecule has 0 aliphatic carbocycles. The van der Waals surface area contributed by atoms with Crippen molar-refractivity contribution in [2.75, 3.05) is 19.5 Å². The lowest BCUT2D eigenvalue weighted by Crippen LogP contribution is -2.23. The van der Waals surface area contributed by atoms with Gasteiger partial charge in [-0.2, -0.15) is 0 Å². The monoisotopic (exact) mass is 443 g/mol. The van der Waals surface area contributed by atoms with Crippen LogP contribution in [0.15, 0.2) is 41.6 Å². The summed E-state index contributed by atoms with van der Waals surface area (Å²) in [6.45, 7) is 1.76. The Kier molecular flexibility index (Phi) is 5.65. The number of carbonyl (C=O) groups is 1. The molecule has 1 unspecified atom stereocenters. The van der Waals surface area contributed by atoms with E-state index in [1.807, 2.05) is 24.3 Å². The summed E-state index contributed by atoms with van der Waals surface area (Å²) in [4.78, 5) is 20.4. The third-order valence-electron chi connectivity index (χ3n) is 4.49. The van der Waals surface area contributed by atoms with Crippen LogP contribution in [-0.2, 0) is 4.79 Å². The molecule has 0 aliphatic heterocycles. The number of H-pyrrole nitrogens is 1. The van der Waals surface area contributed by atoms with Gasteiger partial charge < -0.3 is 19.8 Å². The molecule has 154 valence electrons. The molecule has 0 saturated carbocycles. The van der Waals surface area contributed by atoms with Gasteiger partial charge in [0.2, 0.25) is 11.1 Å². The molecule has 8 nitrogen and oxygen atoms in total. The minimum atomic E-state index is -0.487. The zero-order valence-corrected chi connectivity index (χ0v) is 18.0. The Bertz CT molecular complexity index is 1250. The number of thioether (sulfide) groups is 1. The molecule has 30 heavy (non-hydrogen) atoms. The van der Waals surface area contributed by atoms with Crippen molar-refractivity contribution in [1.82, 2.24) is 20.2 Å². The van der Waals surface area contributed by atoms with E-state index in [0.29, 0.717) is 38.5 Å². The predicted molar refractivity (Wildman–Crippen MR) is 118 cm³/mol. The number of ether oxygens (including phenoxy) is 2. The Balaban J connectivity index is 1.52. The average molecular weight is 444 g/mol. The van der Waals surface area contributed by atoms with Gasteiger partial charge in [0.15, 0.2) is 5.65 Å². The first-order chi connectivity index (χ1) is 14.5. The second-order valence-electron chi connectivity index (χ2n) is 6.40. The van der Waals surface area contributed by atoms with E-state index in [0.717, 1.165) is 10.9 Å². The van der Waals surface area contributed by atoms with Gasteiger partial charge in [0, 0.05) is 17.0 Å². The fraction of sp³-hybridized carbons (Fsp3) is 0.200. The van der Waals surface area contributed by atoms with E-state index in [9.17, 15) is 4.79 Å². The largest absolute Gasteiger partial charge is 0.495 e. The number of para-hydroxylation sites is 1. The summed E-state index contributed by atoms with van der Waals surface area (Å²) in [7, 11) is 3.02. The van der Waals surface area contributed by atoms with Gasteiger partial charge in [-0.25, -0.2) is 4.98 Å². The third kappa shape index (κ3) is 3.86. The highest BCUT2D eigenvalue weighted by molar-refractivity contribution is 8.00. The van der Waals surface area contributed by atoms with Crippen molar-refractivity contribution in [2.45, 2.75) is 17.3 Å². The van der Waals surface area contributed by atoms with Gasteiger partial charge in [-0.1, -0.05) is 41.6 Å². The Hall–Kier alpha value is -3.04. The van der Waals surface area contributed by atoms with Crippen molar-refractivity contribution >= 4 is 57.0 Å². The van der Waals surface area contributed by atoms with E-state index in [1.165, 1.54) is 26.0 Å². The summed E-state index contributed by atoms with van der Waals surface area (Å²) in [6, 6.07) is 11.0. The first-order valence-corrected chi connectivity index (χ1v) is 10.3. The number of anilines is 1. The number of fused-ring (bicyclic) bond motifs is 3. The zero-order chi connectivity index (χ0) is 21.3. The Morgan fingerprint density at radius 1 is 1.17 bits per heavy atom. The fourth-order valence-electron chi connectivity index (χ4n) is 2.96. The van der Waals surface area contributed by atoms with Crippen molar-refractivity contribution in [3.05, 3.63) is 41.4 Å². The first-order valence-electron chi connectivity index (χ1n) is 9.00. The topological polar surface area (TPSA) is 102 Å². The molecule has 10 heteroatoms. The summed E-state index contributed by atoms with van der Waals surface area (Å²) >= 11 is 7.38. The van der Waals surface area contributed by atoms with Gasteiger partial charge in [-0.15, -0.1) is 10.2 Å². The molecule has 4 aromatic rings. The van der Waals surface area contributed by atoms with Crippen molar-refractivity contribution in [3.63, 3.8) is 0 Å². The maximum atomic E-state index is 12.7. The lowest BCUT2D eigenvalue weighted by Gasteiger charge is -2.15. The van der Waals surface area contributed by atoms with Crippen LogP contribution < -0.4 is 14.8 Å². The van der Waals surface area contributed by atoms with E-state index < -0.39 is 5.25 Å². The molecule has 2 N–H and O–H groups in total. The number of methoxy groups -OCH3 is 2. The zero-order valence-electron chi connectivity index (χ0n) is 16.4. The maximum absolute atomic E-state index is 12.7.